The number of nitriles is 1. The van der Waals surface area contributed by atoms with Gasteiger partial charge in [-0.2, -0.15) is 10.4 Å². The number of fused-ring (bicyclic) bond motifs is 1. The molecule has 0 spiro atoms. The quantitative estimate of drug-likeness (QED) is 0.214. The summed E-state index contributed by atoms with van der Waals surface area (Å²) < 4.78 is 10.1. The summed E-state index contributed by atoms with van der Waals surface area (Å²) in [6.45, 7) is 0. The number of hydrogen-bond donors (Lipinski definition) is 2. The molecule has 2 aromatic carbocycles. The number of primary amides is 1. The first-order valence-corrected chi connectivity index (χ1v) is 10.4. The van der Waals surface area contributed by atoms with Crippen LogP contribution in [-0.2, 0) is 9.53 Å². The monoisotopic (exact) mass is 483 g/mol. The van der Waals surface area contributed by atoms with E-state index in [2.05, 4.69) is 20.2 Å². The smallest absolute Gasteiger partial charge is 0.412 e. The molecule has 3 aromatic rings. The second-order valence-corrected chi connectivity index (χ2v) is 7.93. The van der Waals surface area contributed by atoms with Crippen molar-refractivity contribution in [3.63, 3.8) is 0 Å². The summed E-state index contributed by atoms with van der Waals surface area (Å²) in [4.78, 5) is 26.6. The summed E-state index contributed by atoms with van der Waals surface area (Å²) in [7, 11) is 0. The second kappa shape index (κ2) is 9.32. The van der Waals surface area contributed by atoms with Crippen LogP contribution in [-0.4, -0.2) is 22.8 Å². The summed E-state index contributed by atoms with van der Waals surface area (Å²) >= 11 is 12.7. The second-order valence-electron chi connectivity index (χ2n) is 7.12. The molecular formula is C22H15Cl2N5O4. The molecule has 1 amide bonds. The standard InChI is InChI=1S/C22H15Cl2N5O4/c23-16-7-12(28-29-19(10-25)21(30)33-22(26)31)8-17(24)20(16)32-13-3-4-18-15(9-13)14(5-6-27-18)11-1-2-11/h3-9,11,28H,1-2H2,(H2,26,31). The van der Waals surface area contributed by atoms with Crippen LogP contribution in [0.1, 0.15) is 24.3 Å². The molecule has 1 saturated carbocycles. The van der Waals surface area contributed by atoms with Gasteiger partial charge in [0, 0.05) is 11.6 Å². The molecule has 3 N–H and O–H groups in total. The molecule has 1 aliphatic rings. The maximum Gasteiger partial charge on any atom is 0.412 e. The van der Waals surface area contributed by atoms with Gasteiger partial charge in [0.15, 0.2) is 5.75 Å². The minimum atomic E-state index is -1.36. The number of nitrogens with zero attached hydrogens (tertiary/aromatic N) is 3. The van der Waals surface area contributed by atoms with Crippen LogP contribution in [0.15, 0.2) is 47.7 Å². The molecular weight excluding hydrogens is 469 g/mol. The molecule has 0 saturated heterocycles. The number of hydrogen-bond acceptors (Lipinski definition) is 8. The Morgan fingerprint density at radius 2 is 1.91 bits per heavy atom. The van der Waals surface area contributed by atoms with E-state index in [1.54, 1.807) is 6.07 Å². The van der Waals surface area contributed by atoms with E-state index >= 15 is 0 Å². The number of pyridine rings is 1. The highest BCUT2D eigenvalue weighted by Crippen LogP contribution is 2.44. The van der Waals surface area contributed by atoms with Crippen LogP contribution in [0, 0.1) is 11.3 Å². The van der Waals surface area contributed by atoms with Gasteiger partial charge in [-0.1, -0.05) is 23.2 Å². The van der Waals surface area contributed by atoms with Crippen molar-refractivity contribution in [2.45, 2.75) is 18.8 Å². The molecule has 1 aliphatic carbocycles. The Morgan fingerprint density at radius 1 is 1.18 bits per heavy atom. The lowest BCUT2D eigenvalue weighted by Gasteiger charge is -2.13. The first-order valence-electron chi connectivity index (χ1n) is 9.66. The van der Waals surface area contributed by atoms with Gasteiger partial charge in [0.25, 0.3) is 0 Å². The van der Waals surface area contributed by atoms with Crippen molar-refractivity contribution >= 4 is 57.6 Å². The van der Waals surface area contributed by atoms with E-state index in [-0.39, 0.29) is 21.5 Å². The molecule has 4 rings (SSSR count). The maximum absolute atomic E-state index is 11.6. The lowest BCUT2D eigenvalue weighted by atomic mass is 10.1. The molecule has 33 heavy (non-hydrogen) atoms. The molecule has 9 nitrogen and oxygen atoms in total. The number of aromatic nitrogens is 1. The minimum absolute atomic E-state index is 0.159. The lowest BCUT2D eigenvalue weighted by molar-refractivity contribution is -0.129. The zero-order valence-corrected chi connectivity index (χ0v) is 18.4. The maximum atomic E-state index is 11.6. The highest BCUT2D eigenvalue weighted by Gasteiger charge is 2.25. The largest absolute Gasteiger partial charge is 0.454 e. The summed E-state index contributed by atoms with van der Waals surface area (Å²) in [5, 5.41) is 13.9. The van der Waals surface area contributed by atoms with Crippen LogP contribution in [0.3, 0.4) is 0 Å². The third kappa shape index (κ3) is 5.14. The Labute approximate surface area is 197 Å². The lowest BCUT2D eigenvalue weighted by Crippen LogP contribution is -2.24. The molecule has 0 unspecified atom stereocenters. The normalized spacial score (nSPS) is 13.3. The van der Waals surface area contributed by atoms with Crippen molar-refractivity contribution in [3.05, 3.63) is 58.2 Å². The van der Waals surface area contributed by atoms with E-state index in [0.717, 1.165) is 23.7 Å². The van der Waals surface area contributed by atoms with E-state index in [4.69, 9.17) is 38.9 Å². The zero-order valence-electron chi connectivity index (χ0n) is 16.8. The highest BCUT2D eigenvalue weighted by molar-refractivity contribution is 6.44. The average molecular weight is 484 g/mol. The van der Waals surface area contributed by atoms with Crippen LogP contribution < -0.4 is 15.9 Å². The number of esters is 1. The molecule has 0 bridgehead atoms. The fourth-order valence-corrected chi connectivity index (χ4v) is 3.74. The molecule has 0 atom stereocenters. The number of ether oxygens (including phenoxy) is 2. The van der Waals surface area contributed by atoms with E-state index in [0.29, 0.717) is 11.7 Å². The molecule has 11 heteroatoms. The van der Waals surface area contributed by atoms with E-state index < -0.39 is 17.8 Å². The van der Waals surface area contributed by atoms with Crippen molar-refractivity contribution < 1.29 is 19.1 Å². The molecule has 166 valence electrons. The van der Waals surface area contributed by atoms with Crippen LogP contribution >= 0.6 is 23.2 Å². The highest BCUT2D eigenvalue weighted by atomic mass is 35.5. The van der Waals surface area contributed by atoms with Gasteiger partial charge in [-0.3, -0.25) is 10.4 Å². The summed E-state index contributed by atoms with van der Waals surface area (Å²) in [6, 6.07) is 12.0. The van der Waals surface area contributed by atoms with Gasteiger partial charge in [-0.05, 0) is 60.7 Å². The van der Waals surface area contributed by atoms with Crippen LogP contribution in [0.2, 0.25) is 10.0 Å². The molecule has 1 heterocycles. The van der Waals surface area contributed by atoms with Crippen LogP contribution in [0.4, 0.5) is 10.5 Å². The van der Waals surface area contributed by atoms with E-state index in [9.17, 15) is 9.59 Å². The summed E-state index contributed by atoms with van der Waals surface area (Å²) in [5.41, 5.74) is 8.86. The minimum Gasteiger partial charge on any atom is -0.454 e. The predicted octanol–water partition coefficient (Wildman–Crippen LogP) is 5.12. The van der Waals surface area contributed by atoms with Gasteiger partial charge in [-0.25, -0.2) is 9.59 Å². The van der Waals surface area contributed by atoms with Crippen molar-refractivity contribution in [2.24, 2.45) is 10.8 Å². The fourth-order valence-electron chi connectivity index (χ4n) is 3.18. The van der Waals surface area contributed by atoms with Crippen molar-refractivity contribution in [1.82, 2.24) is 4.98 Å². The molecule has 1 fully saturated rings. The van der Waals surface area contributed by atoms with Crippen molar-refractivity contribution in [1.29, 1.82) is 5.26 Å². The zero-order chi connectivity index (χ0) is 23.5. The van der Waals surface area contributed by atoms with Gasteiger partial charge in [0.2, 0.25) is 5.71 Å². The predicted molar refractivity (Wildman–Crippen MR) is 123 cm³/mol. The summed E-state index contributed by atoms with van der Waals surface area (Å²) in [6.07, 6.45) is 2.77. The Bertz CT molecular complexity index is 1330. The van der Waals surface area contributed by atoms with E-state index in [1.807, 2.05) is 24.4 Å². The fraction of sp³-hybridized carbons (Fsp3) is 0.136. The Balaban J connectivity index is 1.56. The SMILES string of the molecule is N#CC(=NNc1cc(Cl)c(Oc2ccc3nccc(C4CC4)c3c2)c(Cl)c1)C(=O)OC(N)=O. The number of benzene rings is 2. The Hall–Kier alpha value is -3.87. The summed E-state index contributed by atoms with van der Waals surface area (Å²) in [5.74, 6) is 0.00650. The molecule has 0 radical (unpaired) electrons. The van der Waals surface area contributed by atoms with Gasteiger partial charge in [0.1, 0.15) is 11.8 Å². The van der Waals surface area contributed by atoms with Gasteiger partial charge >= 0.3 is 12.1 Å². The van der Waals surface area contributed by atoms with Gasteiger partial charge in [-0.15, -0.1) is 0 Å². The molecule has 1 aromatic heterocycles. The van der Waals surface area contributed by atoms with Crippen LogP contribution in [0.25, 0.3) is 10.9 Å². The number of carbonyl (C=O) groups excluding carboxylic acids is 2. The third-order valence-electron chi connectivity index (χ3n) is 4.77. The third-order valence-corrected chi connectivity index (χ3v) is 5.33. The topological polar surface area (TPSA) is 140 Å². The Morgan fingerprint density at radius 3 is 2.55 bits per heavy atom. The average Bonchev–Trinajstić information content (AvgIpc) is 3.61. The number of nitrogens with two attached hydrogens (primary N) is 1. The van der Waals surface area contributed by atoms with E-state index in [1.165, 1.54) is 23.8 Å². The number of amides is 1. The number of halogens is 2. The van der Waals surface area contributed by atoms with Crippen LogP contribution in [0.5, 0.6) is 11.5 Å². The Kier molecular flexibility index (Phi) is 6.31. The first-order chi connectivity index (χ1) is 15.9. The molecule has 0 aliphatic heterocycles. The number of anilines is 1. The van der Waals surface area contributed by atoms with Crippen molar-refractivity contribution in [3.8, 4) is 17.6 Å². The number of rotatable bonds is 6. The van der Waals surface area contributed by atoms with Crippen molar-refractivity contribution in [2.75, 3.05) is 5.43 Å². The number of hydrazone groups is 1. The first kappa shape index (κ1) is 22.3. The number of carbonyl (C=O) groups is 2. The van der Waals surface area contributed by atoms with Gasteiger partial charge in [0.05, 0.1) is 21.2 Å². The van der Waals surface area contributed by atoms with Gasteiger partial charge < -0.3 is 15.2 Å². The number of nitrogens with one attached hydrogen (secondary N) is 1.